The summed E-state index contributed by atoms with van der Waals surface area (Å²) in [5, 5.41) is 19.5. The van der Waals surface area contributed by atoms with Gasteiger partial charge in [-0.05, 0) is 23.8 Å². The molecule has 2 heterocycles. The molecule has 0 saturated carbocycles. The first kappa shape index (κ1) is 22.3. The van der Waals surface area contributed by atoms with E-state index in [1.54, 1.807) is 0 Å². The SMILES string of the molecule is CS(=O)(=O)c1ccc(Nc2ncc(-c3ncno3)c(N[C@H](CO)c3ccccc3)n2)cc1F. The molecule has 0 spiro atoms. The van der Waals surface area contributed by atoms with Crippen molar-refractivity contribution in [1.29, 1.82) is 0 Å². The minimum absolute atomic E-state index is 0.0945. The van der Waals surface area contributed by atoms with Gasteiger partial charge in [0.05, 0.1) is 12.6 Å². The number of halogens is 1. The summed E-state index contributed by atoms with van der Waals surface area (Å²) in [6.07, 6.45) is 3.60. The van der Waals surface area contributed by atoms with Crippen molar-refractivity contribution in [2.45, 2.75) is 10.9 Å². The molecule has 0 saturated heterocycles. The molecule has 2 aromatic heterocycles. The van der Waals surface area contributed by atoms with Gasteiger partial charge in [0.15, 0.2) is 16.2 Å². The molecule has 12 heteroatoms. The number of benzene rings is 2. The Morgan fingerprint density at radius 1 is 1.15 bits per heavy atom. The number of aliphatic hydroxyl groups excluding tert-OH is 1. The second kappa shape index (κ2) is 9.30. The lowest BCUT2D eigenvalue weighted by Gasteiger charge is -2.19. The van der Waals surface area contributed by atoms with Crippen LogP contribution in [-0.2, 0) is 9.84 Å². The second-order valence-corrected chi connectivity index (χ2v) is 9.02. The number of aliphatic hydroxyl groups is 1. The number of anilines is 3. The minimum Gasteiger partial charge on any atom is -0.394 e. The maximum absolute atomic E-state index is 14.3. The van der Waals surface area contributed by atoms with Crippen LogP contribution in [0.3, 0.4) is 0 Å². The molecule has 10 nitrogen and oxygen atoms in total. The van der Waals surface area contributed by atoms with E-state index in [2.05, 4.69) is 30.7 Å². The number of sulfone groups is 1. The summed E-state index contributed by atoms with van der Waals surface area (Å²) in [4.78, 5) is 12.2. The second-order valence-electron chi connectivity index (χ2n) is 7.03. The van der Waals surface area contributed by atoms with Crippen molar-refractivity contribution < 1.29 is 22.4 Å². The standard InChI is InChI=1S/C21H19FN6O4S/c1-33(30,31)18-8-7-14(9-16(18)22)26-21-23-10-15(20-24-12-25-32-20)19(28-21)27-17(11-29)13-5-3-2-4-6-13/h2-10,12,17,29H,11H2,1H3,(H2,23,26,27,28)/t17-/m1/s1. The Kier molecular flexibility index (Phi) is 6.29. The summed E-state index contributed by atoms with van der Waals surface area (Å²) in [6.45, 7) is -0.224. The zero-order chi connectivity index (χ0) is 23.4. The molecular formula is C21H19FN6O4S. The van der Waals surface area contributed by atoms with Gasteiger partial charge in [-0.25, -0.2) is 17.8 Å². The predicted molar refractivity (Wildman–Crippen MR) is 118 cm³/mol. The molecule has 0 fully saturated rings. The summed E-state index contributed by atoms with van der Waals surface area (Å²) in [7, 11) is -3.69. The Hall–Kier alpha value is -3.90. The summed E-state index contributed by atoms with van der Waals surface area (Å²) >= 11 is 0. The average Bonchev–Trinajstić information content (AvgIpc) is 3.32. The van der Waals surface area contributed by atoms with E-state index < -0.39 is 26.6 Å². The van der Waals surface area contributed by atoms with Crippen molar-refractivity contribution in [2.24, 2.45) is 0 Å². The lowest BCUT2D eigenvalue weighted by Crippen LogP contribution is -2.17. The van der Waals surface area contributed by atoms with Crippen LogP contribution in [-0.4, -0.2) is 46.5 Å². The molecule has 4 rings (SSSR count). The van der Waals surface area contributed by atoms with E-state index in [0.29, 0.717) is 5.56 Å². The first-order valence-corrected chi connectivity index (χ1v) is 11.6. The number of nitrogens with one attached hydrogen (secondary N) is 2. The number of aromatic nitrogens is 4. The van der Waals surface area contributed by atoms with Gasteiger partial charge in [-0.1, -0.05) is 35.5 Å². The lowest BCUT2D eigenvalue weighted by atomic mass is 10.1. The first-order chi connectivity index (χ1) is 15.8. The van der Waals surface area contributed by atoms with Gasteiger partial charge in [0.25, 0.3) is 5.89 Å². The zero-order valence-corrected chi connectivity index (χ0v) is 18.1. The third-order valence-corrected chi connectivity index (χ3v) is 5.79. The molecule has 0 bridgehead atoms. The van der Waals surface area contributed by atoms with Gasteiger partial charge in [-0.3, -0.25) is 0 Å². The number of nitrogens with zero attached hydrogens (tertiary/aromatic N) is 4. The van der Waals surface area contributed by atoms with E-state index in [0.717, 1.165) is 24.0 Å². The quantitative estimate of drug-likeness (QED) is 0.352. The van der Waals surface area contributed by atoms with Crippen molar-refractivity contribution in [3.63, 3.8) is 0 Å². The molecule has 3 N–H and O–H groups in total. The van der Waals surface area contributed by atoms with Crippen molar-refractivity contribution in [2.75, 3.05) is 23.5 Å². The Bertz CT molecular complexity index is 1350. The third-order valence-electron chi connectivity index (χ3n) is 4.66. The predicted octanol–water partition coefficient (Wildman–Crippen LogP) is 2.96. The van der Waals surface area contributed by atoms with Crippen LogP contribution in [0.15, 0.2) is 70.5 Å². The highest BCUT2D eigenvalue weighted by atomic mass is 32.2. The van der Waals surface area contributed by atoms with Gasteiger partial charge in [0.2, 0.25) is 5.95 Å². The largest absolute Gasteiger partial charge is 0.394 e. The molecule has 0 radical (unpaired) electrons. The van der Waals surface area contributed by atoms with E-state index in [1.807, 2.05) is 30.3 Å². The molecule has 0 aliphatic rings. The van der Waals surface area contributed by atoms with E-state index in [9.17, 15) is 17.9 Å². The Morgan fingerprint density at radius 3 is 2.58 bits per heavy atom. The minimum atomic E-state index is -3.69. The number of rotatable bonds is 8. The van der Waals surface area contributed by atoms with E-state index in [-0.39, 0.29) is 30.0 Å². The maximum atomic E-state index is 14.3. The lowest BCUT2D eigenvalue weighted by molar-refractivity contribution is 0.276. The normalized spacial score (nSPS) is 12.3. The van der Waals surface area contributed by atoms with Crippen molar-refractivity contribution in [3.8, 4) is 11.5 Å². The Labute approximate surface area is 188 Å². The third kappa shape index (κ3) is 5.13. The highest BCUT2D eigenvalue weighted by molar-refractivity contribution is 7.90. The van der Waals surface area contributed by atoms with Crippen LogP contribution in [0.5, 0.6) is 0 Å². The van der Waals surface area contributed by atoms with Gasteiger partial charge < -0.3 is 20.3 Å². The van der Waals surface area contributed by atoms with Gasteiger partial charge >= 0.3 is 0 Å². The molecule has 33 heavy (non-hydrogen) atoms. The molecule has 4 aromatic rings. The van der Waals surface area contributed by atoms with Crippen LogP contribution in [0.2, 0.25) is 0 Å². The van der Waals surface area contributed by atoms with E-state index in [1.165, 1.54) is 18.6 Å². The van der Waals surface area contributed by atoms with Crippen LogP contribution in [0.25, 0.3) is 11.5 Å². The van der Waals surface area contributed by atoms with Crippen LogP contribution < -0.4 is 10.6 Å². The molecule has 0 aliphatic heterocycles. The van der Waals surface area contributed by atoms with E-state index in [4.69, 9.17) is 4.52 Å². The van der Waals surface area contributed by atoms with Crippen LogP contribution in [0, 0.1) is 5.82 Å². The maximum Gasteiger partial charge on any atom is 0.262 e. The van der Waals surface area contributed by atoms with Gasteiger partial charge in [-0.15, -0.1) is 0 Å². The molecule has 0 amide bonds. The highest BCUT2D eigenvalue weighted by Gasteiger charge is 2.19. The highest BCUT2D eigenvalue weighted by Crippen LogP contribution is 2.29. The number of hydrogen-bond donors (Lipinski definition) is 3. The molecule has 1 atom stereocenters. The van der Waals surface area contributed by atoms with Gasteiger partial charge in [0.1, 0.15) is 22.1 Å². The number of hydrogen-bond acceptors (Lipinski definition) is 10. The van der Waals surface area contributed by atoms with Crippen molar-refractivity contribution in [1.82, 2.24) is 20.1 Å². The summed E-state index contributed by atoms with van der Waals surface area (Å²) in [5.41, 5.74) is 1.47. The van der Waals surface area contributed by atoms with E-state index >= 15 is 0 Å². The zero-order valence-electron chi connectivity index (χ0n) is 17.3. The van der Waals surface area contributed by atoms with Gasteiger partial charge in [0, 0.05) is 18.1 Å². The summed E-state index contributed by atoms with van der Waals surface area (Å²) < 4.78 is 42.7. The fourth-order valence-corrected chi connectivity index (χ4v) is 3.82. The monoisotopic (exact) mass is 470 g/mol. The van der Waals surface area contributed by atoms with Crippen LogP contribution in [0.1, 0.15) is 11.6 Å². The smallest absolute Gasteiger partial charge is 0.262 e. The summed E-state index contributed by atoms with van der Waals surface area (Å²) in [6, 6.07) is 12.4. The molecule has 0 aliphatic carbocycles. The van der Waals surface area contributed by atoms with Crippen LogP contribution >= 0.6 is 0 Å². The molecular weight excluding hydrogens is 451 g/mol. The fourth-order valence-electron chi connectivity index (χ4n) is 3.09. The van der Waals surface area contributed by atoms with Crippen molar-refractivity contribution >= 4 is 27.3 Å². The molecule has 0 unspecified atom stereocenters. The fraction of sp³-hybridized carbons (Fsp3) is 0.143. The average molecular weight is 470 g/mol. The Balaban J connectivity index is 1.67. The Morgan fingerprint density at radius 2 is 1.94 bits per heavy atom. The molecule has 170 valence electrons. The van der Waals surface area contributed by atoms with Crippen LogP contribution in [0.4, 0.5) is 21.8 Å². The van der Waals surface area contributed by atoms with Crippen molar-refractivity contribution in [3.05, 3.63) is 72.4 Å². The molecule has 2 aromatic carbocycles. The van der Waals surface area contributed by atoms with Gasteiger partial charge in [-0.2, -0.15) is 9.97 Å². The topological polar surface area (TPSA) is 143 Å². The summed E-state index contributed by atoms with van der Waals surface area (Å²) in [5.74, 6) is -0.352. The first-order valence-electron chi connectivity index (χ1n) is 9.68.